The molecule has 1 N–H and O–H groups in total. The lowest BCUT2D eigenvalue weighted by Crippen LogP contribution is -2.77. The van der Waals surface area contributed by atoms with Crippen molar-refractivity contribution in [2.24, 2.45) is 67.1 Å². The normalized spacial score (nSPS) is 38.8. The van der Waals surface area contributed by atoms with Gasteiger partial charge in [-0.2, -0.15) is 0 Å². The van der Waals surface area contributed by atoms with Gasteiger partial charge in [-0.3, -0.25) is 19.4 Å². The number of fused-ring (bicyclic) bond motifs is 6. The number of allylic oxidation sites excluding steroid dienone is 1. The van der Waals surface area contributed by atoms with Gasteiger partial charge in [0.1, 0.15) is 25.1 Å². The van der Waals surface area contributed by atoms with Crippen molar-refractivity contribution in [1.29, 1.82) is 0 Å². The Morgan fingerprint density at radius 3 is 2.09 bits per heavy atom. The summed E-state index contributed by atoms with van der Waals surface area (Å²) in [7, 11) is 1.62. The highest BCUT2D eigenvalue weighted by Crippen LogP contribution is 2.79. The molecular formula is C54H70N2O8. The van der Waals surface area contributed by atoms with Crippen LogP contribution in [0, 0.1) is 62.1 Å². The minimum atomic E-state index is -0.565. The molecule has 10 heteroatoms. The second-order valence-electron chi connectivity index (χ2n) is 22.7. The van der Waals surface area contributed by atoms with E-state index < -0.39 is 22.3 Å². The number of benzene rings is 2. The van der Waals surface area contributed by atoms with Crippen LogP contribution in [-0.4, -0.2) is 55.3 Å². The molecule has 0 aromatic heterocycles. The first-order chi connectivity index (χ1) is 30.3. The fourth-order valence-corrected chi connectivity index (χ4v) is 15.4. The predicted molar refractivity (Wildman–Crippen MR) is 244 cm³/mol. The van der Waals surface area contributed by atoms with Gasteiger partial charge in [0.2, 0.25) is 0 Å². The van der Waals surface area contributed by atoms with Crippen LogP contribution in [0.2, 0.25) is 0 Å². The molecule has 0 radical (unpaired) electrons. The summed E-state index contributed by atoms with van der Waals surface area (Å²) in [5.41, 5.74) is 2.25. The number of nitrogens with zero attached hydrogens (tertiary/aromatic N) is 1. The summed E-state index contributed by atoms with van der Waals surface area (Å²) in [6.45, 7) is 18.9. The maximum absolute atomic E-state index is 14.1. The van der Waals surface area contributed by atoms with E-state index in [2.05, 4.69) is 53.1 Å². The van der Waals surface area contributed by atoms with Crippen LogP contribution in [0.25, 0.3) is 0 Å². The van der Waals surface area contributed by atoms with Gasteiger partial charge < -0.3 is 24.3 Å². The van der Waals surface area contributed by atoms with Crippen molar-refractivity contribution >= 4 is 30.0 Å². The third kappa shape index (κ3) is 6.40. The molecule has 0 bridgehead atoms. The Hall–Kier alpha value is -4.47. The SMILES string of the molecule is COc1ccc(COC(=O)NCC23CC[C@]4(C)[C@H](CC[C@@H]5[C@@]6(C)CC[C@H](OC(=O)[C@H]7C[C@@H](C(=O)OCc8ccccc8)C7(C)C)[C@@]7(C)C=N[C@]76CC[C@]54C)C2=C(C(C)C)C(=O)C3)cc1. The standard InChI is InChI=1S/C54H70N2O8/c1-33(2)43-40(57)28-53(32-55-47(60)63-30-35-15-17-36(61-9)18-16-35)25-23-49(5)37(44(43)53)19-20-41-50(49,6)24-26-54-51(41,7)22-21-42(52(54,8)31-56-54)64-46(59)39-27-38(48(39,3)4)45(58)62-29-34-13-11-10-12-14-34/h10-18,31,33,37-39,41-42H,19-30,32H2,1-9H3,(H,55,60)/t37-,38+,39-,41+,42+,49-,50-,51-,52-,53?,54+/m1/s1. The molecule has 2 aromatic rings. The Kier molecular flexibility index (Phi) is 10.9. The second kappa shape index (κ2) is 15.6. The number of ether oxygens (including phenoxy) is 4. The van der Waals surface area contributed by atoms with Crippen LogP contribution >= 0.6 is 0 Å². The summed E-state index contributed by atoms with van der Waals surface area (Å²) in [6.07, 6.45) is 9.72. The Morgan fingerprint density at radius 2 is 1.44 bits per heavy atom. The molecule has 7 aliphatic rings. The molecule has 6 aliphatic carbocycles. The van der Waals surface area contributed by atoms with Crippen molar-refractivity contribution in [3.63, 3.8) is 0 Å². The number of nitrogens with one attached hydrogen (secondary N) is 1. The van der Waals surface area contributed by atoms with E-state index in [-0.39, 0.29) is 82.5 Å². The Morgan fingerprint density at radius 1 is 0.766 bits per heavy atom. The average molecular weight is 875 g/mol. The molecule has 64 heavy (non-hydrogen) atoms. The van der Waals surface area contributed by atoms with E-state index in [0.29, 0.717) is 25.3 Å². The summed E-state index contributed by atoms with van der Waals surface area (Å²) in [5.74, 6) is 0.527. The quantitative estimate of drug-likeness (QED) is 0.175. The number of amides is 1. The zero-order valence-electron chi connectivity index (χ0n) is 39.6. The molecule has 1 spiro atoms. The van der Waals surface area contributed by atoms with Crippen molar-refractivity contribution in [3.05, 3.63) is 76.9 Å². The van der Waals surface area contributed by atoms with Gasteiger partial charge in [0.15, 0.2) is 5.78 Å². The molecule has 1 aliphatic heterocycles. The average Bonchev–Trinajstić information content (AvgIpc) is 3.57. The maximum atomic E-state index is 14.1. The number of hydrogen-bond donors (Lipinski definition) is 1. The monoisotopic (exact) mass is 875 g/mol. The topological polar surface area (TPSA) is 130 Å². The van der Waals surface area contributed by atoms with E-state index in [1.807, 2.05) is 68.4 Å². The van der Waals surface area contributed by atoms with Crippen LogP contribution in [0.1, 0.15) is 131 Å². The Bertz CT molecular complexity index is 2270. The van der Waals surface area contributed by atoms with Crippen molar-refractivity contribution in [2.45, 2.75) is 144 Å². The van der Waals surface area contributed by atoms with Gasteiger partial charge in [-0.1, -0.05) is 96.5 Å². The molecule has 9 rings (SSSR count). The van der Waals surface area contributed by atoms with Gasteiger partial charge >= 0.3 is 18.0 Å². The molecule has 1 unspecified atom stereocenters. The number of rotatable bonds is 11. The zero-order valence-corrected chi connectivity index (χ0v) is 39.6. The van der Waals surface area contributed by atoms with E-state index in [0.717, 1.165) is 73.8 Å². The van der Waals surface area contributed by atoms with Gasteiger partial charge in [0.25, 0.3) is 0 Å². The number of carbonyl (C=O) groups is 4. The predicted octanol–water partition coefficient (Wildman–Crippen LogP) is 10.4. The van der Waals surface area contributed by atoms with Gasteiger partial charge in [0, 0.05) is 24.6 Å². The van der Waals surface area contributed by atoms with Crippen LogP contribution in [0.4, 0.5) is 4.79 Å². The van der Waals surface area contributed by atoms with Crippen molar-refractivity contribution in [2.75, 3.05) is 13.7 Å². The summed E-state index contributed by atoms with van der Waals surface area (Å²) in [5, 5.41) is 3.14. The highest BCUT2D eigenvalue weighted by atomic mass is 16.6. The van der Waals surface area contributed by atoms with E-state index in [1.54, 1.807) is 7.11 Å². The smallest absolute Gasteiger partial charge is 0.407 e. The minimum absolute atomic E-state index is 0.0108. The number of esters is 2. The fourth-order valence-electron chi connectivity index (χ4n) is 15.4. The van der Waals surface area contributed by atoms with Crippen molar-refractivity contribution in [3.8, 4) is 5.75 Å². The molecule has 10 nitrogen and oxygen atoms in total. The second-order valence-corrected chi connectivity index (χ2v) is 22.7. The summed E-state index contributed by atoms with van der Waals surface area (Å²) >= 11 is 0. The summed E-state index contributed by atoms with van der Waals surface area (Å²) in [6, 6.07) is 17.2. The van der Waals surface area contributed by atoms with Gasteiger partial charge in [-0.25, -0.2) is 4.79 Å². The number of carbonyl (C=O) groups excluding carboxylic acids is 4. The van der Waals surface area contributed by atoms with Crippen LogP contribution < -0.4 is 10.1 Å². The number of hydrogen-bond acceptors (Lipinski definition) is 9. The molecule has 344 valence electrons. The lowest BCUT2D eigenvalue weighted by molar-refractivity contribution is -0.241. The number of alkyl carbamates (subject to hydrolysis) is 1. The van der Waals surface area contributed by atoms with E-state index >= 15 is 0 Å². The molecular weight excluding hydrogens is 805 g/mol. The van der Waals surface area contributed by atoms with E-state index in [1.165, 1.54) is 5.57 Å². The van der Waals surface area contributed by atoms with Gasteiger partial charge in [-0.05, 0) is 133 Å². The molecule has 11 atom stereocenters. The van der Waals surface area contributed by atoms with Gasteiger partial charge in [-0.15, -0.1) is 0 Å². The summed E-state index contributed by atoms with van der Waals surface area (Å²) in [4.78, 5) is 60.1. The van der Waals surface area contributed by atoms with Crippen LogP contribution in [0.15, 0.2) is 70.7 Å². The number of Topliss-reactive ketones (excluding diaryl/α,β-unsaturated/α-hetero) is 1. The zero-order chi connectivity index (χ0) is 45.7. The van der Waals surface area contributed by atoms with Crippen molar-refractivity contribution in [1.82, 2.24) is 5.32 Å². The van der Waals surface area contributed by atoms with Crippen molar-refractivity contribution < 1.29 is 38.1 Å². The molecule has 2 aromatic carbocycles. The maximum Gasteiger partial charge on any atom is 0.407 e. The highest BCUT2D eigenvalue weighted by molar-refractivity contribution is 6.00. The third-order valence-electron chi connectivity index (χ3n) is 19.5. The van der Waals surface area contributed by atoms with E-state index in [4.69, 9.17) is 23.9 Å². The van der Waals surface area contributed by atoms with Crippen LogP contribution in [-0.2, 0) is 41.8 Å². The first-order valence-corrected chi connectivity index (χ1v) is 24.1. The Balaban J connectivity index is 0.897. The molecule has 5 saturated carbocycles. The Labute approximate surface area is 380 Å². The lowest BCUT2D eigenvalue weighted by atomic mass is 9.30. The van der Waals surface area contributed by atoms with Crippen LogP contribution in [0.3, 0.4) is 0 Å². The first-order valence-electron chi connectivity index (χ1n) is 24.1. The first kappa shape index (κ1) is 44.7. The summed E-state index contributed by atoms with van der Waals surface area (Å²) < 4.78 is 23.3. The lowest BCUT2D eigenvalue weighted by Gasteiger charge is -2.76. The fraction of sp³-hybridized carbons (Fsp3) is 0.648. The minimum Gasteiger partial charge on any atom is -0.497 e. The van der Waals surface area contributed by atoms with Crippen LogP contribution in [0.5, 0.6) is 5.75 Å². The molecule has 5 fully saturated rings. The largest absolute Gasteiger partial charge is 0.497 e. The number of aliphatic imine (C=N–C) groups is 1. The number of ketones is 1. The highest BCUT2D eigenvalue weighted by Gasteiger charge is 2.77. The van der Waals surface area contributed by atoms with Gasteiger partial charge in [0.05, 0.1) is 29.9 Å². The molecule has 1 amide bonds. The third-order valence-corrected chi connectivity index (χ3v) is 19.5. The van der Waals surface area contributed by atoms with E-state index in [9.17, 15) is 19.2 Å². The molecule has 1 heterocycles. The number of methoxy groups -OCH3 is 1. The molecule has 0 saturated heterocycles.